The number of hydrogen-bond donors (Lipinski definition) is 3. The standard InChI is InChI=1S/C20H14N2O7S2/c23-17-8-5-12-3-1-2-4-14(12)20(17)22-21-13-6-7-15-16(11-13)19(31(27,28)29)10-9-18(15)30(24,25)26/h1-11,23H,(H,24,25,26)(H,27,28,29). The lowest BCUT2D eigenvalue weighted by atomic mass is 10.1. The van der Waals surface area contributed by atoms with Crippen LogP contribution in [0.4, 0.5) is 11.4 Å². The molecule has 9 nitrogen and oxygen atoms in total. The summed E-state index contributed by atoms with van der Waals surface area (Å²) < 4.78 is 65.7. The van der Waals surface area contributed by atoms with Crippen molar-refractivity contribution in [2.24, 2.45) is 10.2 Å². The lowest BCUT2D eigenvalue weighted by Gasteiger charge is -2.08. The molecule has 4 aromatic carbocycles. The molecule has 0 fully saturated rings. The molecule has 31 heavy (non-hydrogen) atoms. The highest BCUT2D eigenvalue weighted by Crippen LogP contribution is 2.37. The van der Waals surface area contributed by atoms with E-state index in [1.54, 1.807) is 18.2 Å². The second-order valence-corrected chi connectivity index (χ2v) is 9.38. The predicted molar refractivity (Wildman–Crippen MR) is 113 cm³/mol. The van der Waals surface area contributed by atoms with Crippen LogP contribution in [0, 0.1) is 0 Å². The van der Waals surface area contributed by atoms with Crippen molar-refractivity contribution >= 4 is 53.2 Å². The first kappa shape index (κ1) is 20.9. The topological polar surface area (TPSA) is 154 Å². The zero-order valence-electron chi connectivity index (χ0n) is 15.5. The van der Waals surface area contributed by atoms with Crippen LogP contribution >= 0.6 is 0 Å². The number of rotatable bonds is 4. The molecule has 0 saturated heterocycles. The van der Waals surface area contributed by atoms with Crippen LogP contribution in [0.2, 0.25) is 0 Å². The van der Waals surface area contributed by atoms with Gasteiger partial charge in [-0.1, -0.05) is 36.4 Å². The first-order valence-corrected chi connectivity index (χ1v) is 11.6. The third kappa shape index (κ3) is 3.99. The minimum Gasteiger partial charge on any atom is -0.506 e. The molecule has 0 aliphatic carbocycles. The number of hydrogen-bond acceptors (Lipinski definition) is 7. The van der Waals surface area contributed by atoms with Gasteiger partial charge in [0, 0.05) is 16.2 Å². The lowest BCUT2D eigenvalue weighted by molar-refractivity contribution is 0.477. The highest BCUT2D eigenvalue weighted by Gasteiger charge is 2.21. The van der Waals surface area contributed by atoms with Crippen molar-refractivity contribution < 1.29 is 31.0 Å². The molecule has 0 radical (unpaired) electrons. The van der Waals surface area contributed by atoms with Gasteiger partial charge in [0.15, 0.2) is 0 Å². The van der Waals surface area contributed by atoms with Crippen LogP contribution in [0.5, 0.6) is 5.75 Å². The summed E-state index contributed by atoms with van der Waals surface area (Å²) in [5, 5.41) is 19.4. The fourth-order valence-electron chi connectivity index (χ4n) is 3.25. The second-order valence-electron chi connectivity index (χ2n) is 6.60. The molecule has 0 aromatic heterocycles. The maximum Gasteiger partial charge on any atom is 0.295 e. The molecule has 0 saturated carbocycles. The first-order chi connectivity index (χ1) is 14.6. The van der Waals surface area contributed by atoms with Gasteiger partial charge in [0.25, 0.3) is 20.2 Å². The van der Waals surface area contributed by atoms with Crippen molar-refractivity contribution in [3.8, 4) is 5.75 Å². The molecule has 0 atom stereocenters. The van der Waals surface area contributed by atoms with E-state index in [4.69, 9.17) is 0 Å². The fraction of sp³-hybridized carbons (Fsp3) is 0. The molecule has 0 amide bonds. The van der Waals surface area contributed by atoms with Crippen LogP contribution in [0.3, 0.4) is 0 Å². The van der Waals surface area contributed by atoms with Crippen LogP contribution < -0.4 is 0 Å². The summed E-state index contributed by atoms with van der Waals surface area (Å²) in [4.78, 5) is -1.08. The van der Waals surface area contributed by atoms with E-state index in [0.717, 1.165) is 17.5 Å². The fourth-order valence-corrected chi connectivity index (χ4v) is 4.63. The van der Waals surface area contributed by atoms with E-state index in [9.17, 15) is 31.0 Å². The highest BCUT2D eigenvalue weighted by molar-refractivity contribution is 7.86. The van der Waals surface area contributed by atoms with Crippen LogP contribution in [0.15, 0.2) is 86.7 Å². The van der Waals surface area contributed by atoms with Crippen molar-refractivity contribution in [2.75, 3.05) is 0 Å². The van der Waals surface area contributed by atoms with Crippen LogP contribution in [-0.4, -0.2) is 31.0 Å². The Kier molecular flexibility index (Phi) is 4.98. The summed E-state index contributed by atoms with van der Waals surface area (Å²) in [6.07, 6.45) is 0. The van der Waals surface area contributed by atoms with Crippen molar-refractivity contribution in [1.29, 1.82) is 0 Å². The van der Waals surface area contributed by atoms with Crippen molar-refractivity contribution in [3.63, 3.8) is 0 Å². The van der Waals surface area contributed by atoms with Crippen LogP contribution in [0.1, 0.15) is 0 Å². The Morgan fingerprint density at radius 2 is 1.29 bits per heavy atom. The molecule has 4 aromatic rings. The van der Waals surface area contributed by atoms with Crippen molar-refractivity contribution in [2.45, 2.75) is 9.79 Å². The quantitative estimate of drug-likeness (QED) is 0.298. The number of phenols is 1. The van der Waals surface area contributed by atoms with E-state index in [0.29, 0.717) is 5.39 Å². The third-order valence-corrected chi connectivity index (χ3v) is 6.44. The van der Waals surface area contributed by atoms with E-state index in [2.05, 4.69) is 10.2 Å². The maximum atomic E-state index is 11.7. The number of aromatic hydroxyl groups is 1. The largest absolute Gasteiger partial charge is 0.506 e. The summed E-state index contributed by atoms with van der Waals surface area (Å²) in [6, 6.07) is 15.9. The summed E-state index contributed by atoms with van der Waals surface area (Å²) in [5.41, 5.74) is 0.317. The molecule has 3 N–H and O–H groups in total. The molecular formula is C20H14N2O7S2. The number of azo groups is 1. The van der Waals surface area contributed by atoms with Gasteiger partial charge in [-0.2, -0.15) is 21.9 Å². The van der Waals surface area contributed by atoms with Crippen molar-refractivity contribution in [3.05, 3.63) is 66.7 Å². The molecule has 0 unspecified atom stereocenters. The van der Waals surface area contributed by atoms with Gasteiger partial charge < -0.3 is 5.11 Å². The minimum atomic E-state index is -4.70. The summed E-state index contributed by atoms with van der Waals surface area (Å²) in [6.45, 7) is 0. The van der Waals surface area contributed by atoms with Gasteiger partial charge in [-0.25, -0.2) is 0 Å². The maximum absolute atomic E-state index is 11.7. The van der Waals surface area contributed by atoms with E-state index >= 15 is 0 Å². The first-order valence-electron chi connectivity index (χ1n) is 8.70. The molecule has 0 heterocycles. The van der Waals surface area contributed by atoms with E-state index < -0.39 is 30.0 Å². The number of benzene rings is 4. The Hall–Kier alpha value is -3.38. The minimum absolute atomic E-state index is 0.115. The molecule has 0 aliphatic rings. The van der Waals surface area contributed by atoms with Crippen molar-refractivity contribution in [1.82, 2.24) is 0 Å². The summed E-state index contributed by atoms with van der Waals surface area (Å²) in [5.74, 6) is -0.115. The SMILES string of the molecule is O=S(=O)(O)c1ccc(S(=O)(=O)O)c2cc(N=Nc3c(O)ccc4ccccc34)ccc12. The molecule has 11 heteroatoms. The third-order valence-electron chi connectivity index (χ3n) is 4.62. The monoisotopic (exact) mass is 458 g/mol. The molecule has 4 rings (SSSR count). The summed E-state index contributed by atoms with van der Waals surface area (Å²) in [7, 11) is -9.35. The average molecular weight is 458 g/mol. The highest BCUT2D eigenvalue weighted by atomic mass is 32.2. The van der Waals surface area contributed by atoms with Gasteiger partial charge >= 0.3 is 0 Å². The van der Waals surface area contributed by atoms with Gasteiger partial charge in [-0.3, -0.25) is 9.11 Å². The van der Waals surface area contributed by atoms with E-state index in [1.165, 1.54) is 24.3 Å². The van der Waals surface area contributed by atoms with Gasteiger partial charge in [-0.15, -0.1) is 5.11 Å². The number of fused-ring (bicyclic) bond motifs is 2. The van der Waals surface area contributed by atoms with Gasteiger partial charge in [0.2, 0.25) is 0 Å². The van der Waals surface area contributed by atoms with Gasteiger partial charge in [0.1, 0.15) is 21.2 Å². The Morgan fingerprint density at radius 1 is 0.645 bits per heavy atom. The molecule has 0 spiro atoms. The van der Waals surface area contributed by atoms with Crippen LogP contribution in [0.25, 0.3) is 21.5 Å². The Morgan fingerprint density at radius 3 is 1.97 bits per heavy atom. The normalized spacial score (nSPS) is 12.7. The zero-order valence-corrected chi connectivity index (χ0v) is 17.2. The molecular weight excluding hydrogens is 444 g/mol. The van der Waals surface area contributed by atoms with E-state index in [-0.39, 0.29) is 27.9 Å². The number of phenolic OH excluding ortho intramolecular Hbond substituents is 1. The Balaban J connectivity index is 1.92. The van der Waals surface area contributed by atoms with E-state index in [1.807, 2.05) is 12.1 Å². The van der Waals surface area contributed by atoms with Gasteiger partial charge in [-0.05, 0) is 35.7 Å². The summed E-state index contributed by atoms with van der Waals surface area (Å²) >= 11 is 0. The zero-order chi connectivity index (χ0) is 22.4. The Labute approximate surface area is 176 Å². The molecule has 158 valence electrons. The molecule has 0 aliphatic heterocycles. The second kappa shape index (κ2) is 7.39. The average Bonchev–Trinajstić information content (AvgIpc) is 2.70. The smallest absolute Gasteiger partial charge is 0.295 e. The lowest BCUT2D eigenvalue weighted by Crippen LogP contribution is -2.03. The van der Waals surface area contributed by atoms with Crippen LogP contribution in [-0.2, 0) is 20.2 Å². The Bertz CT molecular complexity index is 1600. The van der Waals surface area contributed by atoms with Gasteiger partial charge in [0.05, 0.1) is 5.69 Å². The number of nitrogens with zero attached hydrogens (tertiary/aromatic N) is 2. The predicted octanol–water partition coefficient (Wildman–Crippen LogP) is 4.61. The molecule has 0 bridgehead atoms.